The third kappa shape index (κ3) is 2.24. The number of halogens is 3. The van der Waals surface area contributed by atoms with Crippen LogP contribution in [0.3, 0.4) is 0 Å². The number of nitrogens with two attached hydrogens (primary N) is 2. The summed E-state index contributed by atoms with van der Waals surface area (Å²) >= 11 is 2.97. The summed E-state index contributed by atoms with van der Waals surface area (Å²) in [5, 5.41) is 0. The number of hydrogen-bond donors (Lipinski definition) is 2. The molecule has 13 heavy (non-hydrogen) atoms. The average molecular weight is 251 g/mol. The Balaban J connectivity index is 3.20. The highest BCUT2D eigenvalue weighted by Crippen LogP contribution is 2.22. The smallest absolute Gasteiger partial charge is 0.132 e. The van der Waals surface area contributed by atoms with Crippen LogP contribution in [0.5, 0.6) is 0 Å². The van der Waals surface area contributed by atoms with E-state index in [0.717, 1.165) is 12.1 Å². The van der Waals surface area contributed by atoms with E-state index >= 15 is 0 Å². The SMILES string of the molecule is NCC(N)c1c(F)cc(Br)cc1F. The van der Waals surface area contributed by atoms with Crippen LogP contribution in [-0.4, -0.2) is 6.54 Å². The molecule has 0 spiro atoms. The third-order valence-corrected chi connectivity index (χ3v) is 2.13. The molecule has 0 heterocycles. The van der Waals surface area contributed by atoms with Gasteiger partial charge in [0.25, 0.3) is 0 Å². The molecule has 1 unspecified atom stereocenters. The van der Waals surface area contributed by atoms with Crippen LogP contribution in [0.1, 0.15) is 11.6 Å². The van der Waals surface area contributed by atoms with Crippen LogP contribution < -0.4 is 11.5 Å². The Hall–Kier alpha value is -0.520. The van der Waals surface area contributed by atoms with Gasteiger partial charge in [-0.3, -0.25) is 0 Å². The van der Waals surface area contributed by atoms with Gasteiger partial charge in [-0.15, -0.1) is 0 Å². The van der Waals surface area contributed by atoms with Crippen molar-refractivity contribution in [1.29, 1.82) is 0 Å². The quantitative estimate of drug-likeness (QED) is 0.840. The number of rotatable bonds is 2. The first-order chi connectivity index (χ1) is 6.06. The Labute approximate surface area is 83.0 Å². The molecule has 0 aliphatic rings. The third-order valence-electron chi connectivity index (χ3n) is 1.67. The van der Waals surface area contributed by atoms with Crippen molar-refractivity contribution in [2.75, 3.05) is 6.54 Å². The van der Waals surface area contributed by atoms with Crippen molar-refractivity contribution < 1.29 is 8.78 Å². The summed E-state index contributed by atoms with van der Waals surface area (Å²) in [5.74, 6) is -1.35. The van der Waals surface area contributed by atoms with Crippen LogP contribution in [0.25, 0.3) is 0 Å². The van der Waals surface area contributed by atoms with Gasteiger partial charge in [0.05, 0.1) is 0 Å². The van der Waals surface area contributed by atoms with Crippen LogP contribution in [0, 0.1) is 11.6 Å². The average Bonchev–Trinajstić information content (AvgIpc) is 2.02. The van der Waals surface area contributed by atoms with Gasteiger partial charge in [-0.2, -0.15) is 0 Å². The van der Waals surface area contributed by atoms with Gasteiger partial charge in [0.2, 0.25) is 0 Å². The Morgan fingerprint density at radius 2 is 1.77 bits per heavy atom. The molecule has 0 aromatic heterocycles. The van der Waals surface area contributed by atoms with Crippen molar-refractivity contribution in [2.45, 2.75) is 6.04 Å². The lowest BCUT2D eigenvalue weighted by Gasteiger charge is -2.11. The summed E-state index contributed by atoms with van der Waals surface area (Å²) in [4.78, 5) is 0. The fourth-order valence-corrected chi connectivity index (χ4v) is 1.43. The first-order valence-corrected chi connectivity index (χ1v) is 4.45. The Morgan fingerprint density at radius 3 is 2.15 bits per heavy atom. The van der Waals surface area contributed by atoms with Crippen LogP contribution in [0.15, 0.2) is 16.6 Å². The molecule has 0 fully saturated rings. The Kier molecular flexibility index (Phi) is 3.35. The molecule has 0 saturated carbocycles. The van der Waals surface area contributed by atoms with E-state index in [1.807, 2.05) is 0 Å². The maximum Gasteiger partial charge on any atom is 0.132 e. The Bertz CT molecular complexity index is 294. The van der Waals surface area contributed by atoms with Crippen LogP contribution in [0.2, 0.25) is 0 Å². The van der Waals surface area contributed by atoms with Gasteiger partial charge >= 0.3 is 0 Å². The summed E-state index contributed by atoms with van der Waals surface area (Å²) in [7, 11) is 0. The summed E-state index contributed by atoms with van der Waals surface area (Å²) in [5.41, 5.74) is 10.5. The van der Waals surface area contributed by atoms with Gasteiger partial charge < -0.3 is 11.5 Å². The molecule has 2 nitrogen and oxygen atoms in total. The molecule has 5 heteroatoms. The molecular weight excluding hydrogens is 242 g/mol. The summed E-state index contributed by atoms with van der Waals surface area (Å²) in [6.45, 7) is 0.00940. The zero-order valence-corrected chi connectivity index (χ0v) is 8.31. The Morgan fingerprint density at radius 1 is 1.31 bits per heavy atom. The summed E-state index contributed by atoms with van der Waals surface area (Å²) in [6.07, 6.45) is 0. The fraction of sp³-hybridized carbons (Fsp3) is 0.250. The van der Waals surface area contributed by atoms with E-state index in [4.69, 9.17) is 11.5 Å². The molecule has 0 saturated heterocycles. The second-order valence-corrected chi connectivity index (χ2v) is 3.54. The van der Waals surface area contributed by atoms with Gasteiger partial charge in [-0.1, -0.05) is 15.9 Å². The van der Waals surface area contributed by atoms with E-state index in [9.17, 15) is 8.78 Å². The monoisotopic (exact) mass is 250 g/mol. The molecular formula is C8H9BrF2N2. The van der Waals surface area contributed by atoms with E-state index in [1.54, 1.807) is 0 Å². The second-order valence-electron chi connectivity index (χ2n) is 2.63. The highest BCUT2D eigenvalue weighted by atomic mass is 79.9. The van der Waals surface area contributed by atoms with E-state index in [1.165, 1.54) is 0 Å². The largest absolute Gasteiger partial charge is 0.329 e. The second kappa shape index (κ2) is 4.13. The molecule has 72 valence electrons. The lowest BCUT2D eigenvalue weighted by Crippen LogP contribution is -2.23. The van der Waals surface area contributed by atoms with Gasteiger partial charge in [-0.05, 0) is 12.1 Å². The first kappa shape index (κ1) is 10.6. The fourth-order valence-electron chi connectivity index (χ4n) is 1.03. The topological polar surface area (TPSA) is 52.0 Å². The predicted molar refractivity (Wildman–Crippen MR) is 50.0 cm³/mol. The molecule has 0 amide bonds. The van der Waals surface area contributed by atoms with Gasteiger partial charge in [0, 0.05) is 22.6 Å². The molecule has 4 N–H and O–H groups in total. The zero-order chi connectivity index (χ0) is 10.0. The minimum absolute atomic E-state index is 0.00940. The number of benzene rings is 1. The molecule has 1 rings (SSSR count). The lowest BCUT2D eigenvalue weighted by molar-refractivity contribution is 0.527. The molecule has 1 aromatic rings. The highest BCUT2D eigenvalue weighted by molar-refractivity contribution is 9.10. The highest BCUT2D eigenvalue weighted by Gasteiger charge is 2.15. The minimum Gasteiger partial charge on any atom is -0.329 e. The van der Waals surface area contributed by atoms with E-state index in [-0.39, 0.29) is 12.1 Å². The van der Waals surface area contributed by atoms with Crippen molar-refractivity contribution in [3.05, 3.63) is 33.8 Å². The van der Waals surface area contributed by atoms with Crippen molar-refractivity contribution in [2.24, 2.45) is 11.5 Å². The zero-order valence-electron chi connectivity index (χ0n) is 6.73. The summed E-state index contributed by atoms with van der Waals surface area (Å²) in [6, 6.07) is 1.52. The predicted octanol–water partition coefficient (Wildman–Crippen LogP) is 1.69. The molecule has 1 atom stereocenters. The van der Waals surface area contributed by atoms with Crippen molar-refractivity contribution in [3.63, 3.8) is 0 Å². The van der Waals surface area contributed by atoms with Gasteiger partial charge in [-0.25, -0.2) is 8.78 Å². The molecule has 0 bridgehead atoms. The number of hydrogen-bond acceptors (Lipinski definition) is 2. The van der Waals surface area contributed by atoms with Crippen LogP contribution in [-0.2, 0) is 0 Å². The first-order valence-electron chi connectivity index (χ1n) is 3.66. The molecule has 0 aliphatic carbocycles. The van der Waals surface area contributed by atoms with Gasteiger partial charge in [0.1, 0.15) is 11.6 Å². The minimum atomic E-state index is -0.798. The van der Waals surface area contributed by atoms with E-state index < -0.39 is 17.7 Å². The van der Waals surface area contributed by atoms with Crippen LogP contribution >= 0.6 is 15.9 Å². The normalized spacial score (nSPS) is 13.0. The molecule has 1 aromatic carbocycles. The van der Waals surface area contributed by atoms with E-state index in [2.05, 4.69) is 15.9 Å². The maximum atomic E-state index is 13.1. The van der Waals surface area contributed by atoms with Gasteiger partial charge in [0.15, 0.2) is 0 Å². The lowest BCUT2D eigenvalue weighted by atomic mass is 10.1. The van der Waals surface area contributed by atoms with Crippen molar-refractivity contribution in [3.8, 4) is 0 Å². The maximum absolute atomic E-state index is 13.1. The van der Waals surface area contributed by atoms with Crippen LogP contribution in [0.4, 0.5) is 8.78 Å². The summed E-state index contributed by atoms with van der Waals surface area (Å²) < 4.78 is 26.6. The van der Waals surface area contributed by atoms with Crippen molar-refractivity contribution in [1.82, 2.24) is 0 Å². The molecule has 0 aliphatic heterocycles. The van der Waals surface area contributed by atoms with E-state index in [0.29, 0.717) is 4.47 Å². The van der Waals surface area contributed by atoms with Crippen molar-refractivity contribution >= 4 is 15.9 Å². The molecule has 0 radical (unpaired) electrons. The standard InChI is InChI=1S/C8H9BrF2N2/c9-4-1-5(10)8(6(11)2-4)7(13)3-12/h1-2,7H,3,12-13H2.